The van der Waals surface area contributed by atoms with Crippen molar-refractivity contribution >= 4 is 15.9 Å². The van der Waals surface area contributed by atoms with E-state index in [1.54, 1.807) is 12.4 Å². The van der Waals surface area contributed by atoms with Crippen molar-refractivity contribution in [3.63, 3.8) is 0 Å². The van der Waals surface area contributed by atoms with E-state index in [1.807, 2.05) is 16.7 Å². The van der Waals surface area contributed by atoms with Crippen LogP contribution in [-0.4, -0.2) is 19.6 Å². The second-order valence-electron chi connectivity index (χ2n) is 4.16. The predicted octanol–water partition coefficient (Wildman–Crippen LogP) is 2.53. The summed E-state index contributed by atoms with van der Waals surface area (Å²) in [7, 11) is 0. The van der Waals surface area contributed by atoms with Gasteiger partial charge in [0.25, 0.3) is 0 Å². The number of hydrogen-bond acceptors (Lipinski definition) is 3. The Labute approximate surface area is 107 Å². The fourth-order valence-electron chi connectivity index (χ4n) is 2.26. The van der Waals surface area contributed by atoms with Gasteiger partial charge in [-0.05, 0) is 47.3 Å². The van der Waals surface area contributed by atoms with E-state index in [1.165, 1.54) is 0 Å². The van der Waals surface area contributed by atoms with Crippen LogP contribution < -0.4 is 0 Å². The van der Waals surface area contributed by atoms with Crippen LogP contribution >= 0.6 is 15.9 Å². The van der Waals surface area contributed by atoms with Crippen LogP contribution in [-0.2, 0) is 6.42 Å². The molecule has 0 radical (unpaired) electrons. The van der Waals surface area contributed by atoms with Gasteiger partial charge in [0.2, 0.25) is 0 Å². The molecule has 1 aliphatic rings. The van der Waals surface area contributed by atoms with Crippen LogP contribution in [0.1, 0.15) is 24.8 Å². The molecule has 88 valence electrons. The Morgan fingerprint density at radius 2 is 2.35 bits per heavy atom. The number of rotatable bonds is 1. The average molecular weight is 294 g/mol. The maximum absolute atomic E-state index is 10.1. The highest BCUT2D eigenvalue weighted by atomic mass is 79.9. The molecule has 0 bridgehead atoms. The smallest absolute Gasteiger partial charge is 0.145 e. The van der Waals surface area contributed by atoms with Crippen molar-refractivity contribution in [1.82, 2.24) is 14.5 Å². The SMILES string of the molecule is OC1CCCc2c(Br)nc(-c3cccnc3)n21. The normalized spacial score (nSPS) is 19.1. The number of hydrogen-bond donors (Lipinski definition) is 1. The van der Waals surface area contributed by atoms with Crippen LogP contribution in [0.5, 0.6) is 0 Å². The summed E-state index contributed by atoms with van der Waals surface area (Å²) in [5, 5.41) is 10.1. The summed E-state index contributed by atoms with van der Waals surface area (Å²) in [5.41, 5.74) is 2.00. The van der Waals surface area contributed by atoms with Gasteiger partial charge in [0.1, 0.15) is 16.7 Å². The van der Waals surface area contributed by atoms with E-state index in [4.69, 9.17) is 0 Å². The molecule has 17 heavy (non-hydrogen) atoms. The van der Waals surface area contributed by atoms with Crippen molar-refractivity contribution in [2.45, 2.75) is 25.5 Å². The second-order valence-corrected chi connectivity index (χ2v) is 4.91. The molecule has 3 rings (SSSR count). The number of aromatic nitrogens is 3. The summed E-state index contributed by atoms with van der Waals surface area (Å²) in [6, 6.07) is 3.83. The monoisotopic (exact) mass is 293 g/mol. The van der Waals surface area contributed by atoms with Crippen LogP contribution in [0.15, 0.2) is 29.1 Å². The van der Waals surface area contributed by atoms with Crippen molar-refractivity contribution in [3.8, 4) is 11.4 Å². The zero-order valence-corrected chi connectivity index (χ0v) is 10.8. The quantitative estimate of drug-likeness (QED) is 0.879. The molecule has 2 aromatic heterocycles. The van der Waals surface area contributed by atoms with Crippen LogP contribution in [0, 0.1) is 0 Å². The topological polar surface area (TPSA) is 50.9 Å². The van der Waals surface area contributed by atoms with Crippen molar-refractivity contribution < 1.29 is 5.11 Å². The lowest BCUT2D eigenvalue weighted by Crippen LogP contribution is -2.18. The van der Waals surface area contributed by atoms with Crippen LogP contribution in [0.3, 0.4) is 0 Å². The van der Waals surface area contributed by atoms with E-state index in [0.29, 0.717) is 0 Å². The summed E-state index contributed by atoms with van der Waals surface area (Å²) in [6.07, 6.45) is 5.75. The van der Waals surface area contributed by atoms with E-state index in [0.717, 1.165) is 40.9 Å². The first-order valence-electron chi connectivity index (χ1n) is 5.62. The summed E-state index contributed by atoms with van der Waals surface area (Å²) in [4.78, 5) is 8.59. The third-order valence-corrected chi connectivity index (χ3v) is 3.69. The van der Waals surface area contributed by atoms with E-state index in [2.05, 4.69) is 25.9 Å². The molecule has 1 aliphatic heterocycles. The first-order valence-corrected chi connectivity index (χ1v) is 6.42. The van der Waals surface area contributed by atoms with E-state index < -0.39 is 6.23 Å². The van der Waals surface area contributed by atoms with Crippen LogP contribution in [0.25, 0.3) is 11.4 Å². The molecule has 0 saturated carbocycles. The Morgan fingerprint density at radius 1 is 1.47 bits per heavy atom. The minimum atomic E-state index is -0.479. The molecule has 0 aromatic carbocycles. The van der Waals surface area contributed by atoms with E-state index in [9.17, 15) is 5.11 Å². The molecular weight excluding hydrogens is 282 g/mol. The minimum Gasteiger partial charge on any atom is -0.373 e. The maximum Gasteiger partial charge on any atom is 0.145 e. The highest BCUT2D eigenvalue weighted by molar-refractivity contribution is 9.10. The molecule has 0 spiro atoms. The summed E-state index contributed by atoms with van der Waals surface area (Å²) >= 11 is 3.46. The third-order valence-electron chi connectivity index (χ3n) is 3.05. The standard InChI is InChI=1S/C12H12BrN3O/c13-11-9-4-1-5-10(17)16(9)12(15-11)8-3-2-6-14-7-8/h2-3,6-7,10,17H,1,4-5H2. The van der Waals surface area contributed by atoms with Gasteiger partial charge in [-0.25, -0.2) is 4.98 Å². The Balaban J connectivity index is 2.18. The van der Waals surface area contributed by atoms with E-state index in [-0.39, 0.29) is 0 Å². The van der Waals surface area contributed by atoms with E-state index >= 15 is 0 Å². The zero-order valence-electron chi connectivity index (χ0n) is 9.17. The van der Waals surface area contributed by atoms with Gasteiger partial charge >= 0.3 is 0 Å². The predicted molar refractivity (Wildman–Crippen MR) is 67.4 cm³/mol. The second kappa shape index (κ2) is 4.23. The first kappa shape index (κ1) is 10.9. The average Bonchev–Trinajstić information content (AvgIpc) is 2.70. The Kier molecular flexibility index (Phi) is 2.72. The van der Waals surface area contributed by atoms with Crippen LogP contribution in [0.4, 0.5) is 0 Å². The molecule has 4 nitrogen and oxygen atoms in total. The molecule has 0 fully saturated rings. The Morgan fingerprint density at radius 3 is 3.12 bits per heavy atom. The number of fused-ring (bicyclic) bond motifs is 1. The van der Waals surface area contributed by atoms with Crippen molar-refractivity contribution in [2.75, 3.05) is 0 Å². The number of nitrogens with zero attached hydrogens (tertiary/aromatic N) is 3. The van der Waals surface area contributed by atoms with Crippen molar-refractivity contribution in [1.29, 1.82) is 0 Å². The fraction of sp³-hybridized carbons (Fsp3) is 0.333. The first-order chi connectivity index (χ1) is 8.27. The van der Waals surface area contributed by atoms with Crippen molar-refractivity contribution in [2.24, 2.45) is 0 Å². The number of pyridine rings is 1. The molecule has 0 aliphatic carbocycles. The van der Waals surface area contributed by atoms with Gasteiger partial charge in [0.05, 0.1) is 5.69 Å². The lowest BCUT2D eigenvalue weighted by molar-refractivity contribution is 0.0805. The van der Waals surface area contributed by atoms with Gasteiger partial charge in [-0.1, -0.05) is 0 Å². The molecule has 0 amide bonds. The highest BCUT2D eigenvalue weighted by Crippen LogP contribution is 2.33. The number of aliphatic hydroxyl groups is 1. The molecule has 1 atom stereocenters. The van der Waals surface area contributed by atoms with Gasteiger partial charge in [0.15, 0.2) is 0 Å². The third kappa shape index (κ3) is 1.79. The van der Waals surface area contributed by atoms with Gasteiger partial charge < -0.3 is 9.67 Å². The van der Waals surface area contributed by atoms with Gasteiger partial charge in [0, 0.05) is 18.0 Å². The summed E-state index contributed by atoms with van der Waals surface area (Å²) in [6.45, 7) is 0. The highest BCUT2D eigenvalue weighted by Gasteiger charge is 2.25. The molecule has 0 saturated heterocycles. The molecule has 1 unspecified atom stereocenters. The number of aliphatic hydroxyl groups excluding tert-OH is 1. The number of halogens is 1. The largest absolute Gasteiger partial charge is 0.373 e. The Bertz CT molecular complexity index is 538. The summed E-state index contributed by atoms with van der Waals surface area (Å²) < 4.78 is 2.74. The fourth-order valence-corrected chi connectivity index (χ4v) is 2.82. The summed E-state index contributed by atoms with van der Waals surface area (Å²) in [5.74, 6) is 0.784. The molecular formula is C12H12BrN3O. The lowest BCUT2D eigenvalue weighted by Gasteiger charge is -2.22. The van der Waals surface area contributed by atoms with Crippen molar-refractivity contribution in [3.05, 3.63) is 34.8 Å². The van der Waals surface area contributed by atoms with Crippen LogP contribution in [0.2, 0.25) is 0 Å². The Hall–Kier alpha value is -1.20. The molecule has 1 N–H and O–H groups in total. The number of imidazole rings is 1. The lowest BCUT2D eigenvalue weighted by atomic mass is 10.1. The van der Waals surface area contributed by atoms with Gasteiger partial charge in [-0.15, -0.1) is 0 Å². The maximum atomic E-state index is 10.1. The molecule has 3 heterocycles. The molecule has 5 heteroatoms. The molecule has 2 aromatic rings. The minimum absolute atomic E-state index is 0.479. The zero-order chi connectivity index (χ0) is 11.8. The van der Waals surface area contributed by atoms with Gasteiger partial charge in [-0.2, -0.15) is 0 Å². The van der Waals surface area contributed by atoms with Gasteiger partial charge in [-0.3, -0.25) is 4.98 Å².